The van der Waals surface area contributed by atoms with Crippen LogP contribution in [0.25, 0.3) is 0 Å². The van der Waals surface area contributed by atoms with Crippen LogP contribution in [-0.2, 0) is 0 Å². The molecule has 0 bridgehead atoms. The van der Waals surface area contributed by atoms with Crippen LogP contribution in [0, 0.1) is 13.8 Å². The Labute approximate surface area is 193 Å². The Kier molecular flexibility index (Phi) is 7.47. The summed E-state index contributed by atoms with van der Waals surface area (Å²) in [6.45, 7) is 4.11. The molecule has 146 valence electrons. The molecule has 0 atom stereocenters. The second-order valence-corrected chi connectivity index (χ2v) is 11.9. The third kappa shape index (κ3) is 5.32. The van der Waals surface area contributed by atoms with Crippen molar-refractivity contribution in [2.24, 2.45) is 5.10 Å². The van der Waals surface area contributed by atoms with Crippen LogP contribution in [0.2, 0.25) is 0 Å². The maximum absolute atomic E-state index is 4.76. The van der Waals surface area contributed by atoms with Gasteiger partial charge in [0.15, 0.2) is 5.84 Å². The van der Waals surface area contributed by atoms with E-state index in [0.29, 0.717) is 0 Å². The first kappa shape index (κ1) is 21.3. The van der Waals surface area contributed by atoms with Gasteiger partial charge in [-0.25, -0.2) is 4.98 Å². The number of hydrazone groups is 1. The molecule has 0 radical (unpaired) electrons. The Hall–Kier alpha value is -1.46. The lowest BCUT2D eigenvalue weighted by atomic mass is 10.2. The molecule has 0 spiro atoms. The minimum Gasteiger partial charge on any atom is -0.256 e. The molecule has 28 heavy (non-hydrogen) atoms. The summed E-state index contributed by atoms with van der Waals surface area (Å²) in [5.74, 6) is 0.796. The highest BCUT2D eigenvalue weighted by Gasteiger charge is 2.28. The topological polar surface area (TPSA) is 47.0 Å². The number of rotatable bonds is 3. The number of hydrogen-bond acceptors (Lipinski definition) is 7. The summed E-state index contributed by atoms with van der Waals surface area (Å²) in [7, 11) is 0. The highest BCUT2D eigenvalue weighted by atomic mass is 80.0. The van der Waals surface area contributed by atoms with Crippen molar-refractivity contribution in [1.82, 2.24) is 12.4 Å². The van der Waals surface area contributed by atoms with Crippen molar-refractivity contribution in [3.8, 4) is 0 Å². The average molecular weight is 589 g/mol. The monoisotopic (exact) mass is 586 g/mol. The van der Waals surface area contributed by atoms with Gasteiger partial charge in [-0.3, -0.25) is 5.43 Å². The number of anilines is 2. The normalized spacial score (nSPS) is 13.1. The molecule has 6 nitrogen and oxygen atoms in total. The van der Waals surface area contributed by atoms with E-state index in [2.05, 4.69) is 65.8 Å². The van der Waals surface area contributed by atoms with E-state index < -0.39 is 0 Å². The lowest BCUT2D eigenvalue weighted by molar-refractivity contribution is 0.765. The Bertz CT molecular complexity index is 911. The molecule has 3 aromatic rings. The number of nitrogens with zero attached hydrogens (tertiary/aromatic N) is 5. The zero-order valence-electron chi connectivity index (χ0n) is 15.1. The van der Waals surface area contributed by atoms with Crippen molar-refractivity contribution in [2.75, 3.05) is 10.2 Å². The van der Waals surface area contributed by atoms with Gasteiger partial charge >= 0.3 is 0 Å². The van der Waals surface area contributed by atoms with Crippen molar-refractivity contribution in [2.45, 2.75) is 13.8 Å². The molecule has 0 unspecified atom stereocenters. The molecule has 0 fully saturated rings. The third-order valence-electron chi connectivity index (χ3n) is 3.83. The van der Waals surface area contributed by atoms with Gasteiger partial charge in [0, 0.05) is 58.9 Å². The summed E-state index contributed by atoms with van der Waals surface area (Å²) in [5.41, 5.74) is 6.42. The van der Waals surface area contributed by atoms with Gasteiger partial charge in [-0.05, 0) is 26.0 Å². The number of aryl methyl sites for hydroxylation is 2. The van der Waals surface area contributed by atoms with Gasteiger partial charge in [-0.1, -0.05) is 59.9 Å². The molecule has 2 heterocycles. The van der Waals surface area contributed by atoms with Crippen LogP contribution in [0.5, 0.6) is 0 Å². The molecule has 1 N–H and O–H groups in total. The fraction of sp³-hybridized carbons (Fsp3) is 0.111. The van der Waals surface area contributed by atoms with Crippen LogP contribution in [0.15, 0.2) is 65.8 Å². The molecule has 1 aliphatic heterocycles. The minimum atomic E-state index is 0.796. The van der Waals surface area contributed by atoms with Crippen LogP contribution < -0.4 is 15.7 Å². The molecule has 4 rings (SSSR count). The Morgan fingerprint density at radius 2 is 1.50 bits per heavy atom. The summed E-state index contributed by atoms with van der Waals surface area (Å²) in [4.78, 5) is 5.86. The number of hydrogen-bond donors (Lipinski definition) is 1. The van der Waals surface area contributed by atoms with E-state index in [4.69, 9.17) is 5.10 Å². The van der Waals surface area contributed by atoms with Gasteiger partial charge in [-0.15, -0.1) is 17.3 Å². The van der Waals surface area contributed by atoms with Crippen molar-refractivity contribution in [3.63, 3.8) is 0 Å². The van der Waals surface area contributed by atoms with E-state index in [9.17, 15) is 0 Å². The Morgan fingerprint density at radius 3 is 2.04 bits per heavy atom. The SMILES string of the molecule is BrN(Br)Br.Cc1nc(N2NC(c3ccccc3)=NN2c2ccccc2)sc1C. The van der Waals surface area contributed by atoms with Crippen molar-refractivity contribution < 1.29 is 0 Å². The number of hydrazine groups is 2. The van der Waals surface area contributed by atoms with Gasteiger partial charge in [0.25, 0.3) is 0 Å². The highest BCUT2D eigenvalue weighted by molar-refractivity contribution is 9.33. The first-order chi connectivity index (χ1) is 13.5. The van der Waals surface area contributed by atoms with Gasteiger partial charge in [0.05, 0.1) is 11.4 Å². The number of nitrogens with one attached hydrogen (secondary N) is 1. The average Bonchev–Trinajstić information content (AvgIpc) is 3.27. The first-order valence-electron chi connectivity index (χ1n) is 8.23. The van der Waals surface area contributed by atoms with E-state index in [1.165, 1.54) is 6.86 Å². The molecule has 0 amide bonds. The molecule has 2 aromatic carbocycles. The molecule has 0 saturated heterocycles. The van der Waals surface area contributed by atoms with Crippen LogP contribution in [0.3, 0.4) is 0 Å². The summed E-state index contributed by atoms with van der Waals surface area (Å²) in [5, 5.41) is 9.36. The maximum atomic E-state index is 4.76. The standard InChI is InChI=1S/C18H17N5S.Br3N/c1-13-14(2)24-18(19-13)23-21-17(15-9-5-3-6-10-15)20-22(23)16-11-7-4-8-12-16;1-4(2)3/h3-12H,1-2H3,(H,20,21);. The molecular weight excluding hydrogens is 572 g/mol. The van der Waals surface area contributed by atoms with Gasteiger partial charge in [0.1, 0.15) is 0 Å². The zero-order chi connectivity index (χ0) is 20.1. The summed E-state index contributed by atoms with van der Waals surface area (Å²) in [6.07, 6.45) is 0. The van der Waals surface area contributed by atoms with E-state index in [-0.39, 0.29) is 0 Å². The summed E-state index contributed by atoms with van der Waals surface area (Å²) in [6, 6.07) is 20.1. The number of amidine groups is 1. The zero-order valence-corrected chi connectivity index (χ0v) is 20.6. The number of benzene rings is 2. The fourth-order valence-electron chi connectivity index (χ4n) is 2.44. The molecule has 1 aliphatic rings. The van der Waals surface area contributed by atoms with Crippen molar-refractivity contribution >= 4 is 76.4 Å². The molecular formula is C18H17Br3N6S. The predicted octanol–water partition coefficient (Wildman–Crippen LogP) is 6.09. The number of thiazole rings is 1. The second-order valence-electron chi connectivity index (χ2n) is 5.69. The van der Waals surface area contributed by atoms with E-state index >= 15 is 0 Å². The second kappa shape index (κ2) is 9.84. The summed E-state index contributed by atoms with van der Waals surface area (Å²) >= 11 is 10.5. The maximum Gasteiger partial charge on any atom is 0.228 e. The predicted molar refractivity (Wildman–Crippen MR) is 128 cm³/mol. The number of para-hydroxylation sites is 1. The van der Waals surface area contributed by atoms with Crippen LogP contribution in [0.4, 0.5) is 10.8 Å². The molecule has 0 saturated carbocycles. The third-order valence-corrected chi connectivity index (χ3v) is 4.88. The van der Waals surface area contributed by atoms with E-state index in [1.807, 2.05) is 77.8 Å². The number of halogens is 3. The Balaban J connectivity index is 0.000000516. The van der Waals surface area contributed by atoms with Crippen molar-refractivity contribution in [3.05, 3.63) is 76.8 Å². The summed E-state index contributed by atoms with van der Waals surface area (Å²) < 4.78 is 1.44. The first-order valence-corrected chi connectivity index (χ1v) is 11.2. The number of aromatic nitrogens is 1. The largest absolute Gasteiger partial charge is 0.256 e. The highest BCUT2D eigenvalue weighted by Crippen LogP contribution is 2.30. The van der Waals surface area contributed by atoms with Crippen LogP contribution >= 0.6 is 59.8 Å². The Morgan fingerprint density at radius 1 is 0.929 bits per heavy atom. The van der Waals surface area contributed by atoms with Gasteiger partial charge < -0.3 is 0 Å². The lowest BCUT2D eigenvalue weighted by Gasteiger charge is -2.25. The fourth-order valence-corrected chi connectivity index (χ4v) is 3.30. The molecule has 10 heteroatoms. The quantitative estimate of drug-likeness (QED) is 0.376. The van der Waals surface area contributed by atoms with Crippen LogP contribution in [-0.4, -0.2) is 12.8 Å². The lowest BCUT2D eigenvalue weighted by Crippen LogP contribution is -2.44. The van der Waals surface area contributed by atoms with Gasteiger partial charge in [-0.2, -0.15) is 0 Å². The van der Waals surface area contributed by atoms with Crippen molar-refractivity contribution in [1.29, 1.82) is 0 Å². The van der Waals surface area contributed by atoms with Gasteiger partial charge in [0.2, 0.25) is 5.13 Å². The van der Waals surface area contributed by atoms with E-state index in [0.717, 1.165) is 27.9 Å². The van der Waals surface area contributed by atoms with Crippen LogP contribution in [0.1, 0.15) is 16.1 Å². The minimum absolute atomic E-state index is 0.796. The molecule has 0 aliphatic carbocycles. The van der Waals surface area contributed by atoms with E-state index in [1.54, 1.807) is 11.3 Å². The molecule has 1 aromatic heterocycles. The smallest absolute Gasteiger partial charge is 0.228 e.